The van der Waals surface area contributed by atoms with Crippen molar-refractivity contribution in [1.82, 2.24) is 0 Å². The molecule has 1 aliphatic rings. The molecule has 19 heavy (non-hydrogen) atoms. The van der Waals surface area contributed by atoms with Crippen LogP contribution in [-0.4, -0.2) is 12.9 Å². The number of alkyl halides is 3. The lowest BCUT2D eigenvalue weighted by Gasteiger charge is -2.19. The Balaban J connectivity index is 2.21. The molecule has 0 aliphatic carbocycles. The highest BCUT2D eigenvalue weighted by Gasteiger charge is 2.33. The van der Waals surface area contributed by atoms with E-state index in [1.165, 1.54) is 12.1 Å². The second-order valence-electron chi connectivity index (χ2n) is 5.05. The minimum Gasteiger partial charge on any atom is -0.406 e. The third kappa shape index (κ3) is 3.33. The maximum Gasteiger partial charge on any atom is 0.573 e. The van der Waals surface area contributed by atoms with E-state index < -0.39 is 6.36 Å². The number of halogens is 3. The van der Waals surface area contributed by atoms with Crippen LogP contribution in [0, 0.1) is 5.92 Å². The summed E-state index contributed by atoms with van der Waals surface area (Å²) in [5, 5.41) is 3.24. The molecule has 0 saturated heterocycles. The topological polar surface area (TPSA) is 21.3 Å². The van der Waals surface area contributed by atoms with Crippen LogP contribution in [0.1, 0.15) is 38.2 Å². The van der Waals surface area contributed by atoms with Gasteiger partial charge < -0.3 is 10.1 Å². The van der Waals surface area contributed by atoms with Crippen molar-refractivity contribution in [3.63, 3.8) is 0 Å². The van der Waals surface area contributed by atoms with Gasteiger partial charge in [0.15, 0.2) is 0 Å². The third-order valence-corrected chi connectivity index (χ3v) is 3.60. The van der Waals surface area contributed by atoms with Crippen LogP contribution in [0.5, 0.6) is 5.75 Å². The molecule has 106 valence electrons. The summed E-state index contributed by atoms with van der Waals surface area (Å²) in [6.45, 7) is 5.04. The van der Waals surface area contributed by atoms with Crippen LogP contribution in [-0.2, 0) is 0 Å². The van der Waals surface area contributed by atoms with E-state index in [-0.39, 0.29) is 11.7 Å². The molecule has 0 bridgehead atoms. The van der Waals surface area contributed by atoms with Crippen molar-refractivity contribution in [3.05, 3.63) is 23.8 Å². The standard InChI is InChI=1S/C14H18F3NO/c1-3-4-9(2)12-8-18-13-6-5-10(7-11(12)13)19-14(15,16)17/h5-7,9,12,18H,3-4,8H2,1-2H3. The number of fused-ring (bicyclic) bond motifs is 1. The van der Waals surface area contributed by atoms with Gasteiger partial charge in [0, 0.05) is 18.2 Å². The summed E-state index contributed by atoms with van der Waals surface area (Å²) < 4.78 is 40.7. The summed E-state index contributed by atoms with van der Waals surface area (Å²) in [4.78, 5) is 0. The number of rotatable bonds is 4. The number of ether oxygens (including phenoxy) is 1. The molecule has 2 nitrogen and oxygen atoms in total. The second kappa shape index (κ2) is 5.31. The molecule has 1 heterocycles. The van der Waals surface area contributed by atoms with Crippen molar-refractivity contribution in [1.29, 1.82) is 0 Å². The third-order valence-electron chi connectivity index (χ3n) is 3.60. The summed E-state index contributed by atoms with van der Waals surface area (Å²) in [7, 11) is 0. The van der Waals surface area contributed by atoms with Gasteiger partial charge in [-0.2, -0.15) is 0 Å². The monoisotopic (exact) mass is 273 g/mol. The van der Waals surface area contributed by atoms with Crippen molar-refractivity contribution in [2.75, 3.05) is 11.9 Å². The fourth-order valence-electron chi connectivity index (χ4n) is 2.70. The first-order chi connectivity index (χ1) is 8.90. The van der Waals surface area contributed by atoms with Crippen molar-refractivity contribution < 1.29 is 17.9 Å². The lowest BCUT2D eigenvalue weighted by molar-refractivity contribution is -0.274. The van der Waals surface area contributed by atoms with Crippen LogP contribution in [0.15, 0.2) is 18.2 Å². The molecule has 5 heteroatoms. The first-order valence-corrected chi connectivity index (χ1v) is 6.54. The van der Waals surface area contributed by atoms with Crippen LogP contribution in [0.3, 0.4) is 0 Å². The van der Waals surface area contributed by atoms with Crippen molar-refractivity contribution in [3.8, 4) is 5.75 Å². The molecule has 1 N–H and O–H groups in total. The smallest absolute Gasteiger partial charge is 0.406 e. The Hall–Kier alpha value is -1.39. The van der Waals surface area contributed by atoms with Crippen LogP contribution >= 0.6 is 0 Å². The highest BCUT2D eigenvalue weighted by Crippen LogP contribution is 2.40. The summed E-state index contributed by atoms with van der Waals surface area (Å²) >= 11 is 0. The zero-order valence-corrected chi connectivity index (χ0v) is 11.1. The number of anilines is 1. The van der Waals surface area contributed by atoms with E-state index in [2.05, 4.69) is 23.9 Å². The maximum atomic E-state index is 12.2. The average molecular weight is 273 g/mol. The molecule has 0 spiro atoms. The SMILES string of the molecule is CCCC(C)C1CNc2ccc(OC(F)(F)F)cc21. The van der Waals surface area contributed by atoms with E-state index in [0.717, 1.165) is 30.6 Å². The molecule has 0 amide bonds. The molecule has 2 unspecified atom stereocenters. The highest BCUT2D eigenvalue weighted by molar-refractivity contribution is 5.60. The number of benzene rings is 1. The summed E-state index contributed by atoms with van der Waals surface area (Å²) in [5.41, 5.74) is 1.85. The number of hydrogen-bond donors (Lipinski definition) is 1. The molecular formula is C14H18F3NO. The predicted octanol–water partition coefficient (Wildman–Crippen LogP) is 4.53. The Morgan fingerprint density at radius 2 is 2.16 bits per heavy atom. The minimum absolute atomic E-state index is 0.136. The van der Waals surface area contributed by atoms with E-state index in [1.807, 2.05) is 0 Å². The zero-order chi connectivity index (χ0) is 14.0. The van der Waals surface area contributed by atoms with Gasteiger partial charge in [-0.25, -0.2) is 0 Å². The Kier molecular flexibility index (Phi) is 3.92. The summed E-state index contributed by atoms with van der Waals surface area (Å²) in [5.74, 6) is 0.565. The van der Waals surface area contributed by atoms with Gasteiger partial charge in [0.1, 0.15) is 5.75 Å². The summed E-state index contributed by atoms with van der Waals surface area (Å²) in [6.07, 6.45) is -2.49. The van der Waals surface area contributed by atoms with Crippen LogP contribution in [0.2, 0.25) is 0 Å². The molecule has 1 aliphatic heterocycles. The quantitative estimate of drug-likeness (QED) is 0.870. The second-order valence-corrected chi connectivity index (χ2v) is 5.05. The van der Waals surface area contributed by atoms with Crippen molar-refractivity contribution >= 4 is 5.69 Å². The van der Waals surface area contributed by atoms with E-state index in [1.54, 1.807) is 6.07 Å². The maximum absolute atomic E-state index is 12.2. The molecule has 1 aromatic rings. The van der Waals surface area contributed by atoms with Gasteiger partial charge in [0.2, 0.25) is 0 Å². The molecule has 0 saturated carbocycles. The normalized spacial score (nSPS) is 19.7. The molecule has 1 aromatic carbocycles. The van der Waals surface area contributed by atoms with Crippen LogP contribution < -0.4 is 10.1 Å². The van der Waals surface area contributed by atoms with E-state index in [4.69, 9.17) is 0 Å². The fourth-order valence-corrected chi connectivity index (χ4v) is 2.70. The Morgan fingerprint density at radius 3 is 2.79 bits per heavy atom. The van der Waals surface area contributed by atoms with Crippen molar-refractivity contribution in [2.24, 2.45) is 5.92 Å². The van der Waals surface area contributed by atoms with E-state index in [9.17, 15) is 13.2 Å². The minimum atomic E-state index is -4.63. The van der Waals surface area contributed by atoms with Gasteiger partial charge in [0.25, 0.3) is 0 Å². The van der Waals surface area contributed by atoms with Gasteiger partial charge >= 0.3 is 6.36 Å². The lowest BCUT2D eigenvalue weighted by Crippen LogP contribution is -2.17. The van der Waals surface area contributed by atoms with Crippen LogP contribution in [0.4, 0.5) is 18.9 Å². The molecule has 0 radical (unpaired) electrons. The Morgan fingerprint density at radius 1 is 1.42 bits per heavy atom. The van der Waals surface area contributed by atoms with Gasteiger partial charge in [-0.05, 0) is 29.7 Å². The largest absolute Gasteiger partial charge is 0.573 e. The Bertz CT molecular complexity index is 445. The molecule has 2 rings (SSSR count). The van der Waals surface area contributed by atoms with E-state index in [0.29, 0.717) is 5.92 Å². The van der Waals surface area contributed by atoms with Gasteiger partial charge in [-0.3, -0.25) is 0 Å². The van der Waals surface area contributed by atoms with Gasteiger partial charge in [0.05, 0.1) is 0 Å². The number of nitrogens with one attached hydrogen (secondary N) is 1. The zero-order valence-electron chi connectivity index (χ0n) is 11.1. The number of hydrogen-bond acceptors (Lipinski definition) is 2. The van der Waals surface area contributed by atoms with E-state index >= 15 is 0 Å². The first kappa shape index (κ1) is 14.0. The molecular weight excluding hydrogens is 255 g/mol. The molecule has 2 atom stereocenters. The highest BCUT2D eigenvalue weighted by atomic mass is 19.4. The molecule has 0 fully saturated rings. The first-order valence-electron chi connectivity index (χ1n) is 6.54. The molecule has 0 aromatic heterocycles. The lowest BCUT2D eigenvalue weighted by atomic mass is 9.86. The summed E-state index contributed by atoms with van der Waals surface area (Å²) in [6, 6.07) is 4.53. The van der Waals surface area contributed by atoms with Crippen LogP contribution in [0.25, 0.3) is 0 Å². The predicted molar refractivity (Wildman–Crippen MR) is 68.4 cm³/mol. The van der Waals surface area contributed by atoms with Crippen molar-refractivity contribution in [2.45, 2.75) is 39.0 Å². The Labute approximate surface area is 111 Å². The fraction of sp³-hybridized carbons (Fsp3) is 0.571. The van der Waals surface area contributed by atoms with Gasteiger partial charge in [-0.1, -0.05) is 26.7 Å². The van der Waals surface area contributed by atoms with Gasteiger partial charge in [-0.15, -0.1) is 13.2 Å². The average Bonchev–Trinajstić information content (AvgIpc) is 2.70.